The number of rotatable bonds is 5. The SMILES string of the molecule is N#Cc1cccc(-c2ccccc2C[S@@](=O)CC(N)=O)c1. The van der Waals surface area contributed by atoms with E-state index in [1.165, 1.54) is 0 Å². The van der Waals surface area contributed by atoms with E-state index in [0.717, 1.165) is 16.7 Å². The summed E-state index contributed by atoms with van der Waals surface area (Å²) in [5.41, 5.74) is 8.30. The van der Waals surface area contributed by atoms with Gasteiger partial charge >= 0.3 is 0 Å². The number of nitrogens with zero attached hydrogens (tertiary/aromatic N) is 1. The van der Waals surface area contributed by atoms with E-state index in [-0.39, 0.29) is 11.5 Å². The second-order valence-electron chi connectivity index (χ2n) is 4.54. The first kappa shape index (κ1) is 14.9. The van der Waals surface area contributed by atoms with Gasteiger partial charge in [0.2, 0.25) is 5.91 Å². The van der Waals surface area contributed by atoms with Gasteiger partial charge in [0.15, 0.2) is 0 Å². The first-order chi connectivity index (χ1) is 10.1. The first-order valence-corrected chi connectivity index (χ1v) is 7.80. The molecule has 0 radical (unpaired) electrons. The van der Waals surface area contributed by atoms with Crippen molar-refractivity contribution in [2.24, 2.45) is 5.73 Å². The molecule has 0 bridgehead atoms. The van der Waals surface area contributed by atoms with Crippen LogP contribution in [0.15, 0.2) is 48.5 Å². The van der Waals surface area contributed by atoms with Crippen molar-refractivity contribution >= 4 is 16.7 Å². The molecule has 0 fully saturated rings. The average molecular weight is 298 g/mol. The standard InChI is InChI=1S/C16H14N2O2S/c17-9-12-4-3-6-13(8-12)15-7-2-1-5-14(15)10-21(20)11-16(18)19/h1-8H,10-11H2,(H2,18,19)/t21-/m1/s1. The summed E-state index contributed by atoms with van der Waals surface area (Å²) in [6.45, 7) is 0. The summed E-state index contributed by atoms with van der Waals surface area (Å²) in [5, 5.41) is 8.97. The van der Waals surface area contributed by atoms with Crippen molar-refractivity contribution < 1.29 is 9.00 Å². The van der Waals surface area contributed by atoms with Gasteiger partial charge in [-0.2, -0.15) is 5.26 Å². The van der Waals surface area contributed by atoms with Gasteiger partial charge in [-0.3, -0.25) is 9.00 Å². The number of carbonyl (C=O) groups excluding carboxylic acids is 1. The zero-order valence-electron chi connectivity index (χ0n) is 11.3. The van der Waals surface area contributed by atoms with Crippen LogP contribution in [-0.4, -0.2) is 15.9 Å². The van der Waals surface area contributed by atoms with Gasteiger partial charge in [0.05, 0.1) is 11.6 Å². The number of nitriles is 1. The lowest BCUT2D eigenvalue weighted by Gasteiger charge is -2.09. The molecule has 0 aliphatic heterocycles. The molecule has 2 aromatic rings. The van der Waals surface area contributed by atoms with E-state index in [1.807, 2.05) is 36.4 Å². The van der Waals surface area contributed by atoms with Crippen molar-refractivity contribution in [2.75, 3.05) is 5.75 Å². The molecule has 0 aliphatic carbocycles. The highest BCUT2D eigenvalue weighted by molar-refractivity contribution is 7.84. The summed E-state index contributed by atoms with van der Waals surface area (Å²) in [6, 6.07) is 16.9. The molecule has 106 valence electrons. The van der Waals surface area contributed by atoms with Gasteiger partial charge in [-0.1, -0.05) is 36.4 Å². The number of benzene rings is 2. The van der Waals surface area contributed by atoms with E-state index in [0.29, 0.717) is 5.56 Å². The molecule has 0 saturated heterocycles. The summed E-state index contributed by atoms with van der Waals surface area (Å²) in [6.07, 6.45) is 0. The fourth-order valence-electron chi connectivity index (χ4n) is 2.07. The Morgan fingerprint density at radius 1 is 1.19 bits per heavy atom. The summed E-state index contributed by atoms with van der Waals surface area (Å²) in [5.74, 6) is -0.458. The maximum Gasteiger partial charge on any atom is 0.230 e. The lowest BCUT2D eigenvalue weighted by Crippen LogP contribution is -2.20. The zero-order valence-corrected chi connectivity index (χ0v) is 12.1. The van der Waals surface area contributed by atoms with Crippen LogP contribution in [0.25, 0.3) is 11.1 Å². The first-order valence-electron chi connectivity index (χ1n) is 6.32. The fourth-order valence-corrected chi connectivity index (χ4v) is 3.09. The van der Waals surface area contributed by atoms with Crippen LogP contribution in [0.3, 0.4) is 0 Å². The quantitative estimate of drug-likeness (QED) is 0.915. The van der Waals surface area contributed by atoms with E-state index in [4.69, 9.17) is 11.0 Å². The Morgan fingerprint density at radius 3 is 2.67 bits per heavy atom. The number of primary amides is 1. The van der Waals surface area contributed by atoms with Crippen LogP contribution in [0.4, 0.5) is 0 Å². The molecule has 2 rings (SSSR count). The van der Waals surface area contributed by atoms with Crippen LogP contribution in [0.2, 0.25) is 0 Å². The molecule has 0 heterocycles. The van der Waals surface area contributed by atoms with Crippen molar-refractivity contribution in [2.45, 2.75) is 5.75 Å². The summed E-state index contributed by atoms with van der Waals surface area (Å²) in [7, 11) is -1.33. The van der Waals surface area contributed by atoms with Gasteiger partial charge < -0.3 is 5.73 Å². The zero-order chi connectivity index (χ0) is 15.2. The molecule has 2 N–H and O–H groups in total. The lowest BCUT2D eigenvalue weighted by atomic mass is 9.99. The average Bonchev–Trinajstić information content (AvgIpc) is 2.47. The molecule has 1 amide bonds. The number of nitrogens with two attached hydrogens (primary N) is 1. The second-order valence-corrected chi connectivity index (χ2v) is 6.00. The van der Waals surface area contributed by atoms with Gasteiger partial charge in [-0.05, 0) is 28.8 Å². The minimum atomic E-state index is -1.33. The highest BCUT2D eigenvalue weighted by atomic mass is 32.2. The molecular formula is C16H14N2O2S. The predicted molar refractivity (Wildman–Crippen MR) is 82.5 cm³/mol. The lowest BCUT2D eigenvalue weighted by molar-refractivity contribution is -0.115. The highest BCUT2D eigenvalue weighted by Crippen LogP contribution is 2.25. The van der Waals surface area contributed by atoms with E-state index in [9.17, 15) is 9.00 Å². The molecule has 1 atom stereocenters. The van der Waals surface area contributed by atoms with Gasteiger partial charge in [0.1, 0.15) is 5.75 Å². The molecule has 0 unspecified atom stereocenters. The van der Waals surface area contributed by atoms with Crippen LogP contribution < -0.4 is 5.73 Å². The Kier molecular flexibility index (Phi) is 4.85. The second kappa shape index (κ2) is 6.82. The minimum absolute atomic E-state index is 0.146. The monoisotopic (exact) mass is 298 g/mol. The molecule has 4 nitrogen and oxygen atoms in total. The topological polar surface area (TPSA) is 83.9 Å². The van der Waals surface area contributed by atoms with Crippen LogP contribution in [0.1, 0.15) is 11.1 Å². The van der Waals surface area contributed by atoms with E-state index >= 15 is 0 Å². The Balaban J connectivity index is 2.34. The molecule has 0 aliphatic rings. The Morgan fingerprint density at radius 2 is 1.95 bits per heavy atom. The van der Waals surface area contributed by atoms with Crippen molar-refractivity contribution in [3.8, 4) is 17.2 Å². The van der Waals surface area contributed by atoms with Crippen LogP contribution in [-0.2, 0) is 21.3 Å². The van der Waals surface area contributed by atoms with Crippen molar-refractivity contribution in [1.29, 1.82) is 5.26 Å². The van der Waals surface area contributed by atoms with Crippen LogP contribution in [0.5, 0.6) is 0 Å². The number of hydrogen-bond acceptors (Lipinski definition) is 3. The highest BCUT2D eigenvalue weighted by Gasteiger charge is 2.10. The van der Waals surface area contributed by atoms with Crippen molar-refractivity contribution in [3.63, 3.8) is 0 Å². The largest absolute Gasteiger partial charge is 0.369 e. The van der Waals surface area contributed by atoms with Gasteiger partial charge in [0, 0.05) is 16.6 Å². The summed E-state index contributed by atoms with van der Waals surface area (Å²) in [4.78, 5) is 10.8. The van der Waals surface area contributed by atoms with Gasteiger partial charge in [-0.25, -0.2) is 0 Å². The molecule has 2 aromatic carbocycles. The fraction of sp³-hybridized carbons (Fsp3) is 0.125. The van der Waals surface area contributed by atoms with E-state index in [1.54, 1.807) is 12.1 Å². The third kappa shape index (κ3) is 4.01. The maximum absolute atomic E-state index is 11.9. The van der Waals surface area contributed by atoms with Crippen LogP contribution >= 0.6 is 0 Å². The van der Waals surface area contributed by atoms with Crippen LogP contribution in [0, 0.1) is 11.3 Å². The number of carbonyl (C=O) groups is 1. The minimum Gasteiger partial charge on any atom is -0.369 e. The van der Waals surface area contributed by atoms with Gasteiger partial charge in [0.25, 0.3) is 0 Å². The molecule has 0 spiro atoms. The normalized spacial score (nSPS) is 11.6. The van der Waals surface area contributed by atoms with Crippen molar-refractivity contribution in [1.82, 2.24) is 0 Å². The third-order valence-electron chi connectivity index (χ3n) is 2.94. The summed E-state index contributed by atoms with van der Waals surface area (Å²) < 4.78 is 11.9. The van der Waals surface area contributed by atoms with E-state index < -0.39 is 16.7 Å². The Hall–Kier alpha value is -2.45. The Labute approximate surface area is 125 Å². The molecule has 5 heteroatoms. The van der Waals surface area contributed by atoms with Crippen molar-refractivity contribution in [3.05, 3.63) is 59.7 Å². The molecular weight excluding hydrogens is 284 g/mol. The number of amides is 1. The van der Waals surface area contributed by atoms with Gasteiger partial charge in [-0.15, -0.1) is 0 Å². The van der Waals surface area contributed by atoms with E-state index in [2.05, 4.69) is 6.07 Å². The summed E-state index contributed by atoms with van der Waals surface area (Å²) >= 11 is 0. The predicted octanol–water partition coefficient (Wildman–Crippen LogP) is 1.96. The smallest absolute Gasteiger partial charge is 0.230 e. The molecule has 21 heavy (non-hydrogen) atoms. The molecule has 0 aromatic heterocycles. The molecule has 0 saturated carbocycles. The Bertz CT molecular complexity index is 735. The number of hydrogen-bond donors (Lipinski definition) is 1. The maximum atomic E-state index is 11.9. The third-order valence-corrected chi connectivity index (χ3v) is 4.18.